The number of Topliss-reactive ketones (excluding diaryl/α,β-unsaturated/α-hetero) is 1. The van der Waals surface area contributed by atoms with E-state index in [-0.39, 0.29) is 45.1 Å². The van der Waals surface area contributed by atoms with Crippen LogP contribution in [0.25, 0.3) is 0 Å². The Bertz CT molecular complexity index is 1420. The molecule has 2 heterocycles. The van der Waals surface area contributed by atoms with E-state index in [0.29, 0.717) is 24.6 Å². The SMILES string of the molecule is C=C[C@@]12CCC3(C)CC[C@](C)(N4CCOC4=O)C[C@H]3C13N=C3C=C1C2(C)CC[C@H]2C(C)(C)C(=O)C(C#N)=C[C@]12C. The molecule has 2 aliphatic heterocycles. The molecule has 212 valence electrons. The fourth-order valence-corrected chi connectivity index (χ4v) is 11.5. The molecule has 8 atom stereocenters. The second-order valence-electron chi connectivity index (χ2n) is 15.6. The van der Waals surface area contributed by atoms with Crippen LogP contribution in [0, 0.1) is 50.2 Å². The predicted molar refractivity (Wildman–Crippen MR) is 153 cm³/mol. The summed E-state index contributed by atoms with van der Waals surface area (Å²) in [6, 6.07) is 2.25. The number of rotatable bonds is 2. The van der Waals surface area contributed by atoms with Crippen molar-refractivity contribution in [3.05, 3.63) is 36.0 Å². The second-order valence-corrected chi connectivity index (χ2v) is 15.6. The van der Waals surface area contributed by atoms with Crippen molar-refractivity contribution in [3.63, 3.8) is 0 Å². The minimum Gasteiger partial charge on any atom is -0.448 e. The minimum absolute atomic E-state index is 0.0237. The molecule has 0 aromatic heterocycles. The third-order valence-corrected chi connectivity index (χ3v) is 13.8. The number of carbonyl (C=O) groups excluding carboxylic acids is 2. The lowest BCUT2D eigenvalue weighted by Crippen LogP contribution is -2.69. The predicted octanol–water partition coefficient (Wildman–Crippen LogP) is 6.58. The van der Waals surface area contributed by atoms with Gasteiger partial charge in [0.2, 0.25) is 0 Å². The molecule has 3 saturated carbocycles. The van der Waals surface area contributed by atoms with Crippen LogP contribution in [-0.4, -0.2) is 46.7 Å². The maximum atomic E-state index is 13.3. The van der Waals surface area contributed by atoms with E-state index in [4.69, 9.17) is 9.73 Å². The van der Waals surface area contributed by atoms with Crippen LogP contribution in [0.4, 0.5) is 4.79 Å². The van der Waals surface area contributed by atoms with Gasteiger partial charge in [-0.2, -0.15) is 5.26 Å². The molecule has 0 aromatic rings. The smallest absolute Gasteiger partial charge is 0.410 e. The molecule has 7 aliphatic rings. The zero-order valence-corrected chi connectivity index (χ0v) is 25.0. The monoisotopic (exact) mass is 541 g/mol. The average molecular weight is 542 g/mol. The highest BCUT2D eigenvalue weighted by molar-refractivity contribution is 6.16. The van der Waals surface area contributed by atoms with Crippen molar-refractivity contribution in [2.24, 2.45) is 43.9 Å². The number of ketones is 1. The van der Waals surface area contributed by atoms with E-state index in [9.17, 15) is 14.9 Å². The first kappa shape index (κ1) is 26.2. The highest BCUT2D eigenvalue weighted by atomic mass is 16.6. The molecule has 40 heavy (non-hydrogen) atoms. The van der Waals surface area contributed by atoms with Crippen LogP contribution in [0.1, 0.15) is 86.5 Å². The lowest BCUT2D eigenvalue weighted by atomic mass is 9.33. The zero-order chi connectivity index (χ0) is 28.7. The Balaban J connectivity index is 1.38. The Hall–Kier alpha value is -2.68. The van der Waals surface area contributed by atoms with Gasteiger partial charge >= 0.3 is 6.09 Å². The number of hydrogen-bond acceptors (Lipinski definition) is 5. The number of carbonyl (C=O) groups is 2. The summed E-state index contributed by atoms with van der Waals surface area (Å²) in [6.07, 6.45) is 13.5. The van der Waals surface area contributed by atoms with Crippen molar-refractivity contribution >= 4 is 17.6 Å². The van der Waals surface area contributed by atoms with E-state index < -0.39 is 10.8 Å². The molecule has 7 rings (SSSR count). The molecular weight excluding hydrogens is 498 g/mol. The highest BCUT2D eigenvalue weighted by Gasteiger charge is 2.79. The first-order valence-electron chi connectivity index (χ1n) is 15.3. The third kappa shape index (κ3) is 2.65. The van der Waals surface area contributed by atoms with E-state index in [2.05, 4.69) is 52.5 Å². The van der Waals surface area contributed by atoms with Gasteiger partial charge in [-0.3, -0.25) is 14.7 Å². The summed E-state index contributed by atoms with van der Waals surface area (Å²) in [5, 5.41) is 9.98. The molecule has 0 aromatic carbocycles. The number of amides is 1. The number of ether oxygens (including phenoxy) is 1. The van der Waals surface area contributed by atoms with Gasteiger partial charge in [-0.05, 0) is 75.2 Å². The number of cyclic esters (lactones) is 1. The molecule has 1 saturated heterocycles. The van der Waals surface area contributed by atoms with Crippen molar-refractivity contribution in [3.8, 4) is 6.07 Å². The van der Waals surface area contributed by atoms with Crippen molar-refractivity contribution in [2.75, 3.05) is 13.2 Å². The molecule has 3 unspecified atom stereocenters. The summed E-state index contributed by atoms with van der Waals surface area (Å²) in [5.41, 5.74) is 0.969. The van der Waals surface area contributed by atoms with Crippen LogP contribution in [-0.2, 0) is 9.53 Å². The first-order valence-corrected chi connectivity index (χ1v) is 15.3. The van der Waals surface area contributed by atoms with Gasteiger partial charge in [0, 0.05) is 27.2 Å². The van der Waals surface area contributed by atoms with Crippen LogP contribution in [0.2, 0.25) is 0 Å². The van der Waals surface area contributed by atoms with Gasteiger partial charge in [-0.1, -0.05) is 52.3 Å². The summed E-state index contributed by atoms with van der Waals surface area (Å²) in [7, 11) is 0. The van der Waals surface area contributed by atoms with E-state index in [0.717, 1.165) is 44.9 Å². The number of nitriles is 1. The second kappa shape index (κ2) is 7.39. The normalized spacial score (nSPS) is 49.9. The van der Waals surface area contributed by atoms with Crippen molar-refractivity contribution in [2.45, 2.75) is 97.6 Å². The average Bonchev–Trinajstić information content (AvgIpc) is 3.46. The van der Waals surface area contributed by atoms with Crippen LogP contribution < -0.4 is 0 Å². The van der Waals surface area contributed by atoms with Crippen LogP contribution in [0.3, 0.4) is 0 Å². The topological polar surface area (TPSA) is 82.8 Å². The molecule has 0 bridgehead atoms. The van der Waals surface area contributed by atoms with E-state index in [1.807, 2.05) is 24.8 Å². The fraction of sp³-hybridized carbons (Fsp3) is 0.706. The third-order valence-electron chi connectivity index (χ3n) is 13.8. The van der Waals surface area contributed by atoms with Gasteiger partial charge in [-0.15, -0.1) is 6.58 Å². The van der Waals surface area contributed by atoms with E-state index in [1.54, 1.807) is 0 Å². The quantitative estimate of drug-likeness (QED) is 0.370. The van der Waals surface area contributed by atoms with Crippen molar-refractivity contribution in [1.29, 1.82) is 5.26 Å². The first-order chi connectivity index (χ1) is 18.7. The standard InChI is InChI=1S/C34H43N3O3/c1-8-33-14-12-29(4)11-13-30(5,37-15-16-40-27(37)39)19-24(29)34(33)25(36-34)17-23-31(6)18-21(20-35)26(38)28(2,3)22(31)9-10-32(23,33)7/h8,17-18,22,24H,1,9-16,19H2,2-7H3/t22-,24+,29?,30-,31-,32?,33-,34?/m0/s1. The molecule has 0 radical (unpaired) electrons. The number of fused-ring (bicyclic) bond motifs is 5. The number of aliphatic imine (C=N–C) groups is 1. The fourth-order valence-electron chi connectivity index (χ4n) is 11.5. The van der Waals surface area contributed by atoms with Gasteiger partial charge in [0.15, 0.2) is 5.78 Å². The Morgan fingerprint density at radius 2 is 1.80 bits per heavy atom. The maximum absolute atomic E-state index is 13.3. The summed E-state index contributed by atoms with van der Waals surface area (Å²) >= 11 is 0. The van der Waals surface area contributed by atoms with E-state index in [1.165, 1.54) is 11.3 Å². The van der Waals surface area contributed by atoms with Gasteiger partial charge in [-0.25, -0.2) is 4.79 Å². The van der Waals surface area contributed by atoms with Crippen LogP contribution in [0.5, 0.6) is 0 Å². The van der Waals surface area contributed by atoms with Crippen LogP contribution in [0.15, 0.2) is 40.9 Å². The van der Waals surface area contributed by atoms with Crippen molar-refractivity contribution in [1.82, 2.24) is 4.90 Å². The lowest BCUT2D eigenvalue weighted by molar-refractivity contribution is -0.135. The zero-order valence-electron chi connectivity index (χ0n) is 25.0. The Morgan fingerprint density at radius 1 is 1.07 bits per heavy atom. The Kier molecular flexibility index (Phi) is 4.84. The van der Waals surface area contributed by atoms with Crippen molar-refractivity contribution < 1.29 is 14.3 Å². The summed E-state index contributed by atoms with van der Waals surface area (Å²) in [4.78, 5) is 33.6. The van der Waals surface area contributed by atoms with Gasteiger partial charge in [0.25, 0.3) is 0 Å². The molecule has 1 spiro atoms. The Labute approximate surface area is 238 Å². The number of hydrogen-bond donors (Lipinski definition) is 0. The largest absolute Gasteiger partial charge is 0.448 e. The number of allylic oxidation sites excluding steroid dienone is 3. The molecule has 1 amide bonds. The maximum Gasteiger partial charge on any atom is 0.410 e. The molecule has 5 aliphatic carbocycles. The summed E-state index contributed by atoms with van der Waals surface area (Å²) in [6.45, 7) is 19.2. The minimum atomic E-state index is -0.599. The molecule has 4 fully saturated rings. The van der Waals surface area contributed by atoms with Crippen LogP contribution >= 0.6 is 0 Å². The molecule has 6 heteroatoms. The summed E-state index contributed by atoms with van der Waals surface area (Å²) in [5.74, 6) is 0.415. The molecular formula is C34H43N3O3. The van der Waals surface area contributed by atoms with E-state index >= 15 is 0 Å². The van der Waals surface area contributed by atoms with Gasteiger partial charge in [0.1, 0.15) is 18.2 Å². The van der Waals surface area contributed by atoms with Gasteiger partial charge < -0.3 is 4.74 Å². The van der Waals surface area contributed by atoms with Gasteiger partial charge in [0.05, 0.1) is 17.8 Å². The Morgan fingerprint density at radius 3 is 2.45 bits per heavy atom. The lowest BCUT2D eigenvalue weighted by Gasteiger charge is -2.69. The summed E-state index contributed by atoms with van der Waals surface area (Å²) < 4.78 is 5.40. The molecule has 6 nitrogen and oxygen atoms in total. The molecule has 0 N–H and O–H groups in total. The highest BCUT2D eigenvalue weighted by Crippen LogP contribution is 2.79. The number of nitrogens with zero attached hydrogens (tertiary/aromatic N) is 3.